The second-order valence-electron chi connectivity index (χ2n) is 12.3. The maximum atomic E-state index is 14.2. The first-order valence-corrected chi connectivity index (χ1v) is 14.9. The highest BCUT2D eigenvalue weighted by atomic mass is 32.1. The van der Waals surface area contributed by atoms with Gasteiger partial charge in [-0.05, 0) is 75.3 Å². The summed E-state index contributed by atoms with van der Waals surface area (Å²) in [6, 6.07) is 1.41. The number of aromatic nitrogens is 3. The molecule has 8 nitrogen and oxygen atoms in total. The molecule has 44 heavy (non-hydrogen) atoms. The lowest BCUT2D eigenvalue weighted by atomic mass is 9.81. The lowest BCUT2D eigenvalue weighted by Gasteiger charge is -2.25. The molecular weight excluding hydrogens is 614 g/mol. The average molecular weight is 645 g/mol. The Labute approximate surface area is 252 Å². The van der Waals surface area contributed by atoms with Gasteiger partial charge in [-0.1, -0.05) is 19.3 Å². The molecule has 2 heterocycles. The van der Waals surface area contributed by atoms with Gasteiger partial charge in [0, 0.05) is 12.0 Å². The molecule has 2 aromatic heterocycles. The predicted molar refractivity (Wildman–Crippen MR) is 147 cm³/mol. The van der Waals surface area contributed by atoms with Gasteiger partial charge in [-0.2, -0.15) is 26.3 Å². The van der Waals surface area contributed by atoms with Crippen LogP contribution in [-0.4, -0.2) is 50.6 Å². The Morgan fingerprint density at radius 1 is 1.11 bits per heavy atom. The Morgan fingerprint density at radius 2 is 1.80 bits per heavy atom. The molecule has 0 radical (unpaired) electrons. The first-order chi connectivity index (χ1) is 20.4. The van der Waals surface area contributed by atoms with Crippen LogP contribution in [0.15, 0.2) is 22.6 Å². The first-order valence-electron chi connectivity index (χ1n) is 14.1. The molecule has 3 aromatic rings. The molecule has 15 heteroatoms. The summed E-state index contributed by atoms with van der Waals surface area (Å²) in [5, 5.41) is 19.5. The molecule has 2 aliphatic rings. The van der Waals surface area contributed by atoms with E-state index in [0.717, 1.165) is 43.6 Å². The van der Waals surface area contributed by atoms with Crippen molar-refractivity contribution in [2.45, 2.75) is 89.5 Å². The predicted octanol–water partition coefficient (Wildman–Crippen LogP) is 7.13. The first kappa shape index (κ1) is 31.9. The molecule has 0 bridgehead atoms. The van der Waals surface area contributed by atoms with Crippen LogP contribution < -0.4 is 5.32 Å². The molecular formula is C29H30F6N4O4S. The highest BCUT2D eigenvalue weighted by Crippen LogP contribution is 2.59. The second-order valence-corrected chi connectivity index (χ2v) is 13.3. The number of halogens is 6. The van der Waals surface area contributed by atoms with E-state index in [1.807, 2.05) is 5.32 Å². The van der Waals surface area contributed by atoms with E-state index < -0.39 is 41.1 Å². The van der Waals surface area contributed by atoms with Gasteiger partial charge in [0.25, 0.3) is 11.8 Å². The summed E-state index contributed by atoms with van der Waals surface area (Å²) in [5.41, 5.74) is -3.17. The summed E-state index contributed by atoms with van der Waals surface area (Å²) >= 11 is 1.05. The number of carboxylic acid groups (broad SMARTS) is 1. The Balaban J connectivity index is 1.58. The van der Waals surface area contributed by atoms with Crippen LogP contribution in [0.2, 0.25) is 0 Å². The molecule has 0 spiro atoms. The van der Waals surface area contributed by atoms with Crippen LogP contribution in [0.5, 0.6) is 0 Å². The Bertz CT molecular complexity index is 1570. The minimum absolute atomic E-state index is 0.00521. The van der Waals surface area contributed by atoms with Crippen molar-refractivity contribution in [3.05, 3.63) is 40.9 Å². The van der Waals surface area contributed by atoms with Crippen LogP contribution in [0.25, 0.3) is 21.3 Å². The number of aliphatic carboxylic acids is 1. The topological polar surface area (TPSA) is 118 Å². The lowest BCUT2D eigenvalue weighted by Crippen LogP contribution is -2.43. The molecule has 0 saturated heterocycles. The molecule has 2 aliphatic carbocycles. The van der Waals surface area contributed by atoms with Gasteiger partial charge < -0.3 is 14.8 Å². The maximum Gasteiger partial charge on any atom is 0.408 e. The molecule has 0 aliphatic heterocycles. The maximum absolute atomic E-state index is 14.2. The number of nitrogens with one attached hydrogen (secondary N) is 1. The molecule has 2 N–H and O–H groups in total. The summed E-state index contributed by atoms with van der Waals surface area (Å²) in [6.45, 7) is 3.76. The molecule has 2 fully saturated rings. The van der Waals surface area contributed by atoms with E-state index in [9.17, 15) is 41.0 Å². The zero-order valence-corrected chi connectivity index (χ0v) is 24.8. The SMILES string of the molecule is CC(NC(=O)c1cc(-c2sc(-c3nnc(CC(C)(C)C(=O)O)o3)nc2CC2CCC2)cc(C2(C(F)(F)F)CC2)c1)C(F)(F)F. The number of benzene rings is 1. The number of hydrogen-bond acceptors (Lipinski definition) is 7. The zero-order valence-electron chi connectivity index (χ0n) is 24.0. The smallest absolute Gasteiger partial charge is 0.408 e. The van der Waals surface area contributed by atoms with Crippen molar-refractivity contribution in [1.82, 2.24) is 20.5 Å². The van der Waals surface area contributed by atoms with Gasteiger partial charge in [-0.25, -0.2) is 4.98 Å². The molecule has 238 valence electrons. The van der Waals surface area contributed by atoms with Crippen molar-refractivity contribution < 1.29 is 45.5 Å². The van der Waals surface area contributed by atoms with Crippen LogP contribution in [0.4, 0.5) is 26.3 Å². The quantitative estimate of drug-likeness (QED) is 0.226. The number of carbonyl (C=O) groups excluding carboxylic acids is 1. The number of carboxylic acids is 1. The van der Waals surface area contributed by atoms with Crippen LogP contribution >= 0.6 is 11.3 Å². The van der Waals surface area contributed by atoms with E-state index in [-0.39, 0.29) is 58.7 Å². The van der Waals surface area contributed by atoms with Gasteiger partial charge in [0.2, 0.25) is 5.89 Å². The van der Waals surface area contributed by atoms with Crippen molar-refractivity contribution in [3.8, 4) is 21.3 Å². The number of amides is 1. The third kappa shape index (κ3) is 6.33. The number of hydrogen-bond donors (Lipinski definition) is 2. The summed E-state index contributed by atoms with van der Waals surface area (Å²) in [6.07, 6.45) is -6.47. The normalized spacial score (nSPS) is 17.7. The summed E-state index contributed by atoms with van der Waals surface area (Å²) < 4.78 is 87.9. The second kappa shape index (κ2) is 11.1. The van der Waals surface area contributed by atoms with Crippen LogP contribution in [0.1, 0.15) is 80.4 Å². The fourth-order valence-electron chi connectivity index (χ4n) is 5.03. The van der Waals surface area contributed by atoms with E-state index >= 15 is 0 Å². The minimum Gasteiger partial charge on any atom is -0.481 e. The third-order valence-electron chi connectivity index (χ3n) is 8.37. The molecule has 1 amide bonds. The Hall–Kier alpha value is -3.49. The van der Waals surface area contributed by atoms with Gasteiger partial charge in [-0.3, -0.25) is 9.59 Å². The van der Waals surface area contributed by atoms with Gasteiger partial charge in [0.15, 0.2) is 5.01 Å². The number of rotatable bonds is 10. The molecule has 2 saturated carbocycles. The fraction of sp³-hybridized carbons (Fsp3) is 0.552. The van der Waals surface area contributed by atoms with E-state index in [1.54, 1.807) is 0 Å². The van der Waals surface area contributed by atoms with Crippen LogP contribution in [0, 0.1) is 11.3 Å². The molecule has 5 rings (SSSR count). The van der Waals surface area contributed by atoms with Gasteiger partial charge >= 0.3 is 18.3 Å². The average Bonchev–Trinajstić information content (AvgIpc) is 3.44. The number of alkyl halides is 6. The van der Waals surface area contributed by atoms with Crippen LogP contribution in [0.3, 0.4) is 0 Å². The largest absolute Gasteiger partial charge is 0.481 e. The highest BCUT2D eigenvalue weighted by Gasteiger charge is 2.64. The van der Waals surface area contributed by atoms with E-state index in [0.29, 0.717) is 17.0 Å². The zero-order chi connectivity index (χ0) is 32.2. The standard InChI is InChI=1S/C29H30F6N4O4S/c1-14(28(30,31)32)36-22(40)17-10-16(11-18(12-17)27(7-8-27)29(33,34)35)21-19(9-15-5-4-6-15)37-24(44-21)23-39-38-20(43-23)13-26(2,3)25(41)42/h10-12,14-15H,4-9,13H2,1-3H3,(H,36,40)(H,41,42). The van der Waals surface area contributed by atoms with Crippen molar-refractivity contribution in [3.63, 3.8) is 0 Å². The summed E-state index contributed by atoms with van der Waals surface area (Å²) in [5.74, 6) is -1.88. The summed E-state index contributed by atoms with van der Waals surface area (Å²) in [7, 11) is 0. The highest BCUT2D eigenvalue weighted by molar-refractivity contribution is 7.18. The Morgan fingerprint density at radius 3 is 2.34 bits per heavy atom. The third-order valence-corrected chi connectivity index (χ3v) is 9.50. The molecule has 1 unspecified atom stereocenters. The van der Waals surface area contributed by atoms with Gasteiger partial charge in [0.1, 0.15) is 6.04 Å². The monoisotopic (exact) mass is 644 g/mol. The van der Waals surface area contributed by atoms with E-state index in [2.05, 4.69) is 15.2 Å². The number of nitrogens with zero attached hydrogens (tertiary/aromatic N) is 3. The number of thiazole rings is 1. The Kier molecular flexibility index (Phi) is 8.08. The summed E-state index contributed by atoms with van der Waals surface area (Å²) in [4.78, 5) is 29.6. The van der Waals surface area contributed by atoms with Crippen molar-refractivity contribution in [2.24, 2.45) is 11.3 Å². The van der Waals surface area contributed by atoms with Crippen LogP contribution in [-0.2, 0) is 23.1 Å². The minimum atomic E-state index is -4.75. The van der Waals surface area contributed by atoms with Crippen molar-refractivity contribution in [2.75, 3.05) is 0 Å². The van der Waals surface area contributed by atoms with Crippen molar-refractivity contribution >= 4 is 23.2 Å². The fourth-order valence-corrected chi connectivity index (χ4v) is 6.03. The van der Waals surface area contributed by atoms with Gasteiger partial charge in [0.05, 0.1) is 21.4 Å². The van der Waals surface area contributed by atoms with Gasteiger partial charge in [-0.15, -0.1) is 21.5 Å². The number of carbonyl (C=O) groups is 2. The van der Waals surface area contributed by atoms with E-state index in [1.165, 1.54) is 26.0 Å². The van der Waals surface area contributed by atoms with Crippen molar-refractivity contribution in [1.29, 1.82) is 0 Å². The molecule has 1 aromatic carbocycles. The lowest BCUT2D eigenvalue weighted by molar-refractivity contribution is -0.160. The van der Waals surface area contributed by atoms with E-state index in [4.69, 9.17) is 4.42 Å². The molecule has 1 atom stereocenters.